The first-order chi connectivity index (χ1) is 8.00. The van der Waals surface area contributed by atoms with Crippen LogP contribution in [-0.4, -0.2) is 60.7 Å². The lowest BCUT2D eigenvalue weighted by Crippen LogP contribution is -2.59. The third-order valence-corrected chi connectivity index (χ3v) is 3.75. The lowest BCUT2D eigenvalue weighted by Gasteiger charge is -2.45. The van der Waals surface area contributed by atoms with Crippen molar-refractivity contribution in [2.24, 2.45) is 0 Å². The van der Waals surface area contributed by atoms with Crippen LogP contribution in [0.3, 0.4) is 0 Å². The topological polar surface area (TPSA) is 41.9 Å². The first kappa shape index (κ1) is 14.9. The summed E-state index contributed by atoms with van der Waals surface area (Å²) in [4.78, 5) is 2.32. The van der Waals surface area contributed by atoms with E-state index in [1.807, 2.05) is 13.8 Å². The summed E-state index contributed by atoms with van der Waals surface area (Å²) in [7, 11) is 0. The van der Waals surface area contributed by atoms with Crippen molar-refractivity contribution in [1.29, 1.82) is 0 Å². The Labute approximate surface area is 105 Å². The summed E-state index contributed by atoms with van der Waals surface area (Å²) in [6, 6.07) is 0. The third kappa shape index (κ3) is 3.91. The van der Waals surface area contributed by atoms with Gasteiger partial charge in [0.15, 0.2) is 0 Å². The van der Waals surface area contributed by atoms with Crippen LogP contribution in [0.15, 0.2) is 0 Å². The molecule has 1 rings (SSSR count). The van der Waals surface area contributed by atoms with Gasteiger partial charge in [0, 0.05) is 18.6 Å². The lowest BCUT2D eigenvalue weighted by atomic mass is 9.89. The molecule has 4 nitrogen and oxygen atoms in total. The number of hydrogen-bond donors (Lipinski definition) is 1. The Morgan fingerprint density at radius 1 is 1.35 bits per heavy atom. The molecule has 0 bridgehead atoms. The number of morpholine rings is 1. The summed E-state index contributed by atoms with van der Waals surface area (Å²) < 4.78 is 10.9. The van der Waals surface area contributed by atoms with E-state index in [9.17, 15) is 5.11 Å². The van der Waals surface area contributed by atoms with Crippen LogP contribution in [0.25, 0.3) is 0 Å². The van der Waals surface area contributed by atoms with Crippen molar-refractivity contribution in [3.05, 3.63) is 0 Å². The Kier molecular flexibility index (Phi) is 5.86. The van der Waals surface area contributed by atoms with E-state index in [0.29, 0.717) is 6.61 Å². The van der Waals surface area contributed by atoms with Gasteiger partial charge in [0.2, 0.25) is 0 Å². The number of rotatable bonds is 6. The molecule has 1 saturated heterocycles. The Balaban J connectivity index is 2.58. The molecule has 0 saturated carbocycles. The predicted octanol–water partition coefficient (Wildman–Crippen LogP) is 1.27. The monoisotopic (exact) mass is 245 g/mol. The van der Waals surface area contributed by atoms with Crippen LogP contribution >= 0.6 is 0 Å². The number of nitrogens with zero attached hydrogens (tertiary/aromatic N) is 1. The van der Waals surface area contributed by atoms with E-state index in [1.165, 1.54) is 0 Å². The number of ether oxygens (including phenoxy) is 2. The zero-order valence-corrected chi connectivity index (χ0v) is 11.6. The van der Waals surface area contributed by atoms with Gasteiger partial charge in [-0.25, -0.2) is 0 Å². The molecule has 0 aromatic rings. The van der Waals surface area contributed by atoms with Crippen molar-refractivity contribution >= 4 is 0 Å². The van der Waals surface area contributed by atoms with Crippen molar-refractivity contribution in [1.82, 2.24) is 4.90 Å². The average molecular weight is 245 g/mol. The average Bonchev–Trinajstić information content (AvgIpc) is 2.35. The van der Waals surface area contributed by atoms with Crippen LogP contribution in [0, 0.1) is 0 Å². The fraction of sp³-hybridized carbons (Fsp3) is 1.00. The number of hydrogen-bond acceptors (Lipinski definition) is 4. The van der Waals surface area contributed by atoms with Crippen molar-refractivity contribution < 1.29 is 14.6 Å². The van der Waals surface area contributed by atoms with Crippen LogP contribution in [0.1, 0.15) is 34.1 Å². The molecule has 2 unspecified atom stereocenters. The lowest BCUT2D eigenvalue weighted by molar-refractivity contribution is -0.102. The summed E-state index contributed by atoms with van der Waals surface area (Å²) in [5.74, 6) is 0. The molecule has 1 aliphatic heterocycles. The minimum atomic E-state index is -0.451. The van der Waals surface area contributed by atoms with Gasteiger partial charge in [0.1, 0.15) is 0 Å². The highest BCUT2D eigenvalue weighted by Gasteiger charge is 2.38. The fourth-order valence-electron chi connectivity index (χ4n) is 2.21. The zero-order chi connectivity index (χ0) is 12.9. The second kappa shape index (κ2) is 6.69. The van der Waals surface area contributed by atoms with E-state index in [2.05, 4.69) is 18.7 Å². The quantitative estimate of drug-likeness (QED) is 0.765. The van der Waals surface area contributed by atoms with E-state index < -0.39 is 6.10 Å². The van der Waals surface area contributed by atoms with Crippen LogP contribution in [-0.2, 0) is 9.47 Å². The van der Waals surface area contributed by atoms with Crippen molar-refractivity contribution in [3.63, 3.8) is 0 Å². The summed E-state index contributed by atoms with van der Waals surface area (Å²) in [6.07, 6.45) is 0.624. The molecule has 0 radical (unpaired) electrons. The maximum Gasteiger partial charge on any atom is 0.0954 e. The maximum atomic E-state index is 10.4. The van der Waals surface area contributed by atoms with Crippen molar-refractivity contribution in [3.8, 4) is 0 Å². The summed E-state index contributed by atoms with van der Waals surface area (Å²) in [5.41, 5.74) is -0.210. The largest absolute Gasteiger partial charge is 0.389 e. The van der Waals surface area contributed by atoms with Gasteiger partial charge >= 0.3 is 0 Å². The molecule has 0 amide bonds. The van der Waals surface area contributed by atoms with Crippen LogP contribution in [0.2, 0.25) is 0 Å². The van der Waals surface area contributed by atoms with Gasteiger partial charge in [-0.2, -0.15) is 0 Å². The third-order valence-electron chi connectivity index (χ3n) is 3.75. The molecule has 0 aromatic carbocycles. The van der Waals surface area contributed by atoms with Gasteiger partial charge in [-0.1, -0.05) is 6.92 Å². The van der Waals surface area contributed by atoms with E-state index in [0.717, 1.165) is 32.7 Å². The van der Waals surface area contributed by atoms with E-state index >= 15 is 0 Å². The van der Waals surface area contributed by atoms with Gasteiger partial charge in [-0.15, -0.1) is 0 Å². The highest BCUT2D eigenvalue weighted by atomic mass is 16.5. The second-order valence-corrected chi connectivity index (χ2v) is 5.21. The first-order valence-electron chi connectivity index (χ1n) is 6.63. The first-order valence-corrected chi connectivity index (χ1v) is 6.63. The Bertz CT molecular complexity index is 217. The van der Waals surface area contributed by atoms with Crippen LogP contribution < -0.4 is 0 Å². The Hall–Kier alpha value is -0.160. The smallest absolute Gasteiger partial charge is 0.0954 e. The number of aliphatic hydroxyl groups is 1. The summed E-state index contributed by atoms with van der Waals surface area (Å²) in [6.45, 7) is 11.9. The van der Waals surface area contributed by atoms with Gasteiger partial charge < -0.3 is 14.6 Å². The number of aliphatic hydroxyl groups excluding tert-OH is 1. The van der Waals surface area contributed by atoms with Crippen LogP contribution in [0.4, 0.5) is 0 Å². The highest BCUT2D eigenvalue weighted by molar-refractivity contribution is 4.92. The molecular formula is C13H27NO3. The van der Waals surface area contributed by atoms with Gasteiger partial charge in [0.25, 0.3) is 0 Å². The Morgan fingerprint density at radius 2 is 1.94 bits per heavy atom. The molecule has 102 valence electrons. The van der Waals surface area contributed by atoms with E-state index in [4.69, 9.17) is 9.47 Å². The minimum Gasteiger partial charge on any atom is -0.389 e. The SMILES string of the molecule is CCC(C)(C(O)COC(C)C)N1CCOCC1. The van der Waals surface area contributed by atoms with Gasteiger partial charge in [-0.3, -0.25) is 4.90 Å². The molecule has 1 heterocycles. The fourth-order valence-corrected chi connectivity index (χ4v) is 2.21. The highest BCUT2D eigenvalue weighted by Crippen LogP contribution is 2.25. The maximum absolute atomic E-state index is 10.4. The summed E-state index contributed by atoms with van der Waals surface area (Å²) in [5, 5.41) is 10.4. The van der Waals surface area contributed by atoms with Gasteiger partial charge in [0.05, 0.1) is 32.0 Å². The molecule has 0 aromatic heterocycles. The molecule has 17 heavy (non-hydrogen) atoms. The molecule has 1 N–H and O–H groups in total. The van der Waals surface area contributed by atoms with Crippen molar-refractivity contribution in [2.45, 2.75) is 51.9 Å². The normalized spacial score (nSPS) is 23.6. The van der Waals surface area contributed by atoms with Crippen molar-refractivity contribution in [2.75, 3.05) is 32.9 Å². The van der Waals surface area contributed by atoms with Gasteiger partial charge in [-0.05, 0) is 27.2 Å². The summed E-state index contributed by atoms with van der Waals surface area (Å²) >= 11 is 0. The molecule has 0 aliphatic carbocycles. The zero-order valence-electron chi connectivity index (χ0n) is 11.6. The molecule has 4 heteroatoms. The minimum absolute atomic E-state index is 0.162. The standard InChI is InChI=1S/C13H27NO3/c1-5-13(4,12(15)10-17-11(2)3)14-6-8-16-9-7-14/h11-12,15H,5-10H2,1-4H3. The molecule has 1 fully saturated rings. The predicted molar refractivity (Wildman–Crippen MR) is 68.2 cm³/mol. The van der Waals surface area contributed by atoms with Crippen LogP contribution in [0.5, 0.6) is 0 Å². The molecule has 2 atom stereocenters. The van der Waals surface area contributed by atoms with E-state index in [-0.39, 0.29) is 11.6 Å². The second-order valence-electron chi connectivity index (χ2n) is 5.21. The van der Waals surface area contributed by atoms with E-state index in [1.54, 1.807) is 0 Å². The molecule has 1 aliphatic rings. The Morgan fingerprint density at radius 3 is 2.41 bits per heavy atom. The molecular weight excluding hydrogens is 218 g/mol. The molecule has 0 spiro atoms.